The van der Waals surface area contributed by atoms with Crippen LogP contribution < -0.4 is 15.4 Å². The second kappa shape index (κ2) is 12.7. The molecule has 6 rings (SSSR count). The number of nitrogens with zero attached hydrogens (tertiary/aromatic N) is 3. The summed E-state index contributed by atoms with van der Waals surface area (Å²) in [4.78, 5) is 88.0. The van der Waals surface area contributed by atoms with E-state index in [0.717, 1.165) is 16.0 Å². The molecule has 13 heteroatoms. The standard InChI is InChI=1S/C36H29N5O8/c1-19(42)27-14-17-30(40-39-27)49-24-11-8-22(9-12-24)36(2,3)21-6-4-20(5-7-21)31(44)33(46)37-23-10-13-25-26(18-23)35(48)41(34(25)47)28-15-16-29(43)38-32(28)45/h4-14,17-18,28H,15-16H2,1-3H3,(H,37,46)(H,38,43,45). The smallest absolute Gasteiger partial charge is 0.296 e. The summed E-state index contributed by atoms with van der Waals surface area (Å²) in [5.74, 6) is -3.78. The number of aromatic nitrogens is 2. The predicted octanol–water partition coefficient (Wildman–Crippen LogP) is 4.02. The Morgan fingerprint density at radius 2 is 1.49 bits per heavy atom. The number of hydrogen-bond donors (Lipinski definition) is 2. The summed E-state index contributed by atoms with van der Waals surface area (Å²) in [6, 6.07) is 20.0. The van der Waals surface area contributed by atoms with E-state index in [9.17, 15) is 33.6 Å². The number of anilines is 1. The highest BCUT2D eigenvalue weighted by Crippen LogP contribution is 2.34. The number of carbonyl (C=O) groups is 7. The van der Waals surface area contributed by atoms with Crippen LogP contribution in [-0.4, -0.2) is 62.2 Å². The first-order valence-corrected chi connectivity index (χ1v) is 15.3. The van der Waals surface area contributed by atoms with Crippen molar-refractivity contribution in [3.05, 3.63) is 112 Å². The van der Waals surface area contributed by atoms with Gasteiger partial charge in [0.1, 0.15) is 17.5 Å². The van der Waals surface area contributed by atoms with Crippen LogP contribution in [0.1, 0.15) is 86.3 Å². The van der Waals surface area contributed by atoms with Gasteiger partial charge in [0.25, 0.3) is 23.5 Å². The number of Topliss-reactive ketones (excluding diaryl/α,β-unsaturated/α-hetero) is 2. The van der Waals surface area contributed by atoms with Gasteiger partial charge in [0.15, 0.2) is 5.78 Å². The lowest BCUT2D eigenvalue weighted by atomic mass is 9.78. The maximum atomic E-state index is 13.1. The molecule has 1 unspecified atom stereocenters. The molecule has 3 heterocycles. The summed E-state index contributed by atoms with van der Waals surface area (Å²) in [7, 11) is 0. The van der Waals surface area contributed by atoms with E-state index in [4.69, 9.17) is 4.74 Å². The lowest BCUT2D eigenvalue weighted by Gasteiger charge is -2.27. The van der Waals surface area contributed by atoms with Gasteiger partial charge in [-0.05, 0) is 53.9 Å². The largest absolute Gasteiger partial charge is 0.438 e. The molecule has 4 aromatic rings. The molecule has 2 aliphatic rings. The Hall–Kier alpha value is -6.37. The van der Waals surface area contributed by atoms with Crippen molar-refractivity contribution >= 4 is 46.8 Å². The first-order valence-electron chi connectivity index (χ1n) is 15.3. The SMILES string of the molecule is CC(=O)c1ccc(Oc2ccc(C(C)(C)c3ccc(C(=O)C(=O)Nc4ccc5c(c4)C(=O)N(C4CCC(=O)NC4=O)C5=O)cc3)cc2)nn1. The molecular weight excluding hydrogens is 630 g/mol. The van der Waals surface area contributed by atoms with Crippen LogP contribution in [0.25, 0.3) is 0 Å². The van der Waals surface area contributed by atoms with E-state index in [1.54, 1.807) is 48.5 Å². The number of ketones is 2. The second-order valence-corrected chi connectivity index (χ2v) is 12.1. The number of nitrogens with one attached hydrogen (secondary N) is 2. The average Bonchev–Trinajstić information content (AvgIpc) is 3.33. The van der Waals surface area contributed by atoms with Crippen LogP contribution >= 0.6 is 0 Å². The molecule has 1 aromatic heterocycles. The Bertz CT molecular complexity index is 2050. The zero-order valence-electron chi connectivity index (χ0n) is 26.6. The molecular formula is C36H29N5O8. The Morgan fingerprint density at radius 3 is 2.10 bits per heavy atom. The third-order valence-corrected chi connectivity index (χ3v) is 8.57. The predicted molar refractivity (Wildman–Crippen MR) is 173 cm³/mol. The van der Waals surface area contributed by atoms with E-state index in [1.807, 2.05) is 26.0 Å². The van der Waals surface area contributed by atoms with Gasteiger partial charge in [0.2, 0.25) is 17.7 Å². The molecule has 0 bridgehead atoms. The lowest BCUT2D eigenvalue weighted by molar-refractivity contribution is -0.136. The Morgan fingerprint density at radius 1 is 0.837 bits per heavy atom. The van der Waals surface area contributed by atoms with Gasteiger partial charge in [-0.1, -0.05) is 50.2 Å². The normalized spacial score (nSPS) is 15.8. The number of fused-ring (bicyclic) bond motifs is 1. The van der Waals surface area contributed by atoms with E-state index < -0.39 is 46.8 Å². The van der Waals surface area contributed by atoms with Crippen LogP contribution in [0.4, 0.5) is 5.69 Å². The molecule has 0 saturated carbocycles. The molecule has 0 radical (unpaired) electrons. The summed E-state index contributed by atoms with van der Waals surface area (Å²) in [5, 5.41) is 12.4. The fraction of sp³-hybridized carbons (Fsp3) is 0.194. The molecule has 49 heavy (non-hydrogen) atoms. The van der Waals surface area contributed by atoms with Crippen molar-refractivity contribution in [3.63, 3.8) is 0 Å². The number of benzene rings is 3. The maximum absolute atomic E-state index is 13.1. The minimum atomic E-state index is -1.12. The van der Waals surface area contributed by atoms with Crippen LogP contribution in [0, 0.1) is 0 Å². The Balaban J connectivity index is 1.10. The summed E-state index contributed by atoms with van der Waals surface area (Å²) in [5.41, 5.74) is 1.89. The fourth-order valence-electron chi connectivity index (χ4n) is 5.70. The number of rotatable bonds is 9. The first kappa shape index (κ1) is 32.6. The highest BCUT2D eigenvalue weighted by atomic mass is 16.5. The summed E-state index contributed by atoms with van der Waals surface area (Å²) >= 11 is 0. The first-order chi connectivity index (χ1) is 23.3. The van der Waals surface area contributed by atoms with E-state index >= 15 is 0 Å². The van der Waals surface area contributed by atoms with Crippen molar-refractivity contribution in [2.75, 3.05) is 5.32 Å². The number of imide groups is 2. The van der Waals surface area contributed by atoms with Gasteiger partial charge in [-0.2, -0.15) is 0 Å². The van der Waals surface area contributed by atoms with E-state index in [-0.39, 0.29) is 52.6 Å². The van der Waals surface area contributed by atoms with Gasteiger partial charge in [-0.15, -0.1) is 10.2 Å². The molecule has 3 aromatic carbocycles. The topological polar surface area (TPSA) is 182 Å². The molecule has 1 fully saturated rings. The summed E-state index contributed by atoms with van der Waals surface area (Å²) < 4.78 is 5.74. The number of amides is 5. The number of ether oxygens (including phenoxy) is 1. The lowest BCUT2D eigenvalue weighted by Crippen LogP contribution is -2.54. The van der Waals surface area contributed by atoms with E-state index in [0.29, 0.717) is 5.75 Å². The minimum absolute atomic E-state index is 0.00818. The van der Waals surface area contributed by atoms with Gasteiger partial charge in [0.05, 0.1) is 11.1 Å². The molecule has 1 saturated heterocycles. The number of carbonyl (C=O) groups excluding carboxylic acids is 7. The molecule has 246 valence electrons. The van der Waals surface area contributed by atoms with Crippen LogP contribution in [0.15, 0.2) is 78.9 Å². The fourth-order valence-corrected chi connectivity index (χ4v) is 5.70. The Labute approximate surface area is 279 Å². The average molecular weight is 660 g/mol. The van der Waals surface area contributed by atoms with E-state index in [1.165, 1.54) is 25.1 Å². The number of hydrogen-bond acceptors (Lipinski definition) is 10. The van der Waals surface area contributed by atoms with Crippen molar-refractivity contribution in [1.82, 2.24) is 20.4 Å². The van der Waals surface area contributed by atoms with Crippen molar-refractivity contribution in [3.8, 4) is 11.6 Å². The van der Waals surface area contributed by atoms with Crippen LogP contribution in [0.5, 0.6) is 11.6 Å². The highest BCUT2D eigenvalue weighted by molar-refractivity contribution is 6.46. The molecule has 1 atom stereocenters. The third kappa shape index (κ3) is 6.33. The van der Waals surface area contributed by atoms with Crippen LogP contribution in [-0.2, 0) is 19.8 Å². The summed E-state index contributed by atoms with van der Waals surface area (Å²) in [6.07, 6.45) is 0.00728. The molecule has 2 N–H and O–H groups in total. The zero-order valence-corrected chi connectivity index (χ0v) is 26.6. The van der Waals surface area contributed by atoms with Crippen LogP contribution in [0.3, 0.4) is 0 Å². The van der Waals surface area contributed by atoms with Crippen molar-refractivity contribution in [2.45, 2.75) is 45.1 Å². The third-order valence-electron chi connectivity index (χ3n) is 8.57. The summed E-state index contributed by atoms with van der Waals surface area (Å²) in [6.45, 7) is 5.43. The van der Waals surface area contributed by atoms with E-state index in [2.05, 4.69) is 20.8 Å². The highest BCUT2D eigenvalue weighted by Gasteiger charge is 2.44. The molecule has 0 spiro atoms. The second-order valence-electron chi connectivity index (χ2n) is 12.1. The molecule has 0 aliphatic carbocycles. The molecule has 5 amide bonds. The molecule has 13 nitrogen and oxygen atoms in total. The van der Waals surface area contributed by atoms with Crippen molar-refractivity contribution < 1.29 is 38.3 Å². The van der Waals surface area contributed by atoms with Gasteiger partial charge >= 0.3 is 0 Å². The van der Waals surface area contributed by atoms with Gasteiger partial charge in [0, 0.05) is 36.1 Å². The quantitative estimate of drug-likeness (QED) is 0.151. The maximum Gasteiger partial charge on any atom is 0.296 e. The Kier molecular flexibility index (Phi) is 8.42. The van der Waals surface area contributed by atoms with Gasteiger partial charge in [-0.25, -0.2) is 0 Å². The van der Waals surface area contributed by atoms with Crippen molar-refractivity contribution in [1.29, 1.82) is 0 Å². The zero-order chi connectivity index (χ0) is 35.0. The number of piperidine rings is 1. The molecule has 2 aliphatic heterocycles. The monoisotopic (exact) mass is 659 g/mol. The van der Waals surface area contributed by atoms with Gasteiger partial charge < -0.3 is 10.1 Å². The van der Waals surface area contributed by atoms with Crippen LogP contribution in [0.2, 0.25) is 0 Å². The van der Waals surface area contributed by atoms with Crippen molar-refractivity contribution in [2.24, 2.45) is 0 Å². The van der Waals surface area contributed by atoms with Gasteiger partial charge in [-0.3, -0.25) is 43.8 Å². The minimum Gasteiger partial charge on any atom is -0.438 e.